The number of nitrogens with zero attached hydrogens (tertiary/aromatic N) is 2. The third-order valence-electron chi connectivity index (χ3n) is 4.19. The molecule has 1 aliphatic carbocycles. The molecule has 0 bridgehead atoms. The summed E-state index contributed by atoms with van der Waals surface area (Å²) in [7, 11) is 0. The third kappa shape index (κ3) is 3.34. The van der Waals surface area contributed by atoms with Crippen molar-refractivity contribution in [1.29, 1.82) is 5.26 Å². The normalized spacial score (nSPS) is 16.0. The smallest absolute Gasteiger partial charge is 0.352 e. The van der Waals surface area contributed by atoms with Gasteiger partial charge in [0.1, 0.15) is 11.4 Å². The van der Waals surface area contributed by atoms with E-state index >= 15 is 0 Å². The number of amides is 1. The second-order valence-corrected chi connectivity index (χ2v) is 5.75. The van der Waals surface area contributed by atoms with Crippen molar-refractivity contribution in [2.45, 2.75) is 44.1 Å². The fourth-order valence-electron chi connectivity index (χ4n) is 2.59. The van der Waals surface area contributed by atoms with E-state index in [9.17, 15) is 18.7 Å². The Bertz CT molecular complexity index is 622. The highest BCUT2D eigenvalue weighted by Gasteiger charge is 2.62. The van der Waals surface area contributed by atoms with Crippen LogP contribution in [-0.4, -0.2) is 35.7 Å². The molecule has 1 aromatic carbocycles. The first kappa shape index (κ1) is 18.1. The van der Waals surface area contributed by atoms with Gasteiger partial charge >= 0.3 is 11.8 Å². The zero-order valence-electron chi connectivity index (χ0n) is 13.5. The molecule has 130 valence electrons. The number of halogens is 2. The van der Waals surface area contributed by atoms with Crippen molar-refractivity contribution in [2.75, 3.05) is 18.1 Å². The van der Waals surface area contributed by atoms with Crippen molar-refractivity contribution >= 4 is 11.6 Å². The number of nitriles is 1. The summed E-state index contributed by atoms with van der Waals surface area (Å²) in [5.74, 6) is -4.82. The second-order valence-electron chi connectivity index (χ2n) is 5.75. The predicted molar refractivity (Wildman–Crippen MR) is 83.9 cm³/mol. The molecule has 1 amide bonds. The van der Waals surface area contributed by atoms with E-state index in [0.717, 1.165) is 4.90 Å². The molecule has 0 radical (unpaired) electrons. The Morgan fingerprint density at radius 1 is 1.42 bits per heavy atom. The molecule has 0 unspecified atom stereocenters. The van der Waals surface area contributed by atoms with Crippen molar-refractivity contribution in [2.24, 2.45) is 0 Å². The topological polar surface area (TPSA) is 73.6 Å². The van der Waals surface area contributed by atoms with Crippen LogP contribution in [0, 0.1) is 11.3 Å². The van der Waals surface area contributed by atoms with Gasteiger partial charge in [0, 0.05) is 12.2 Å². The largest absolute Gasteiger partial charge is 0.494 e. The molecule has 0 saturated heterocycles. The van der Waals surface area contributed by atoms with Gasteiger partial charge in [-0.1, -0.05) is 0 Å². The summed E-state index contributed by atoms with van der Waals surface area (Å²) in [5, 5.41) is 18.7. The van der Waals surface area contributed by atoms with Crippen LogP contribution in [0.2, 0.25) is 0 Å². The van der Waals surface area contributed by atoms with Crippen molar-refractivity contribution in [1.82, 2.24) is 0 Å². The van der Waals surface area contributed by atoms with Crippen molar-refractivity contribution in [3.05, 3.63) is 24.3 Å². The van der Waals surface area contributed by atoms with E-state index in [-0.39, 0.29) is 31.5 Å². The summed E-state index contributed by atoms with van der Waals surface area (Å²) in [6, 6.07) is 7.96. The maximum Gasteiger partial charge on any atom is 0.352 e. The van der Waals surface area contributed by atoms with Gasteiger partial charge in [-0.05, 0) is 50.5 Å². The standard InChI is InChI=1S/C17H20F2N2O3/c1-2-24-14-7-5-13(6-8-14)21(12-4-11-20)15(22)17(18,19)16(23)9-3-10-16/h5-8,23H,2-4,9-10,12H2,1H3. The molecular weight excluding hydrogens is 318 g/mol. The lowest BCUT2D eigenvalue weighted by atomic mass is 9.75. The lowest BCUT2D eigenvalue weighted by molar-refractivity contribution is -0.213. The molecule has 1 saturated carbocycles. The van der Waals surface area contributed by atoms with Crippen LogP contribution in [0.5, 0.6) is 5.75 Å². The van der Waals surface area contributed by atoms with Gasteiger partial charge in [-0.15, -0.1) is 0 Å². The van der Waals surface area contributed by atoms with Crippen molar-refractivity contribution < 1.29 is 23.4 Å². The summed E-state index contributed by atoms with van der Waals surface area (Å²) in [6.07, 6.45) is 0.149. The molecule has 5 nitrogen and oxygen atoms in total. The number of rotatable bonds is 7. The Kier molecular flexibility index (Phi) is 5.40. The van der Waals surface area contributed by atoms with Crippen LogP contribution >= 0.6 is 0 Å². The number of aliphatic hydroxyl groups is 1. The molecule has 0 atom stereocenters. The van der Waals surface area contributed by atoms with Gasteiger partial charge in [0.15, 0.2) is 0 Å². The number of benzene rings is 1. The van der Waals surface area contributed by atoms with E-state index in [1.54, 1.807) is 12.1 Å². The number of hydrogen-bond acceptors (Lipinski definition) is 4. The Hall–Kier alpha value is -2.20. The molecule has 1 aromatic rings. The van der Waals surface area contributed by atoms with Gasteiger partial charge in [0.05, 0.1) is 19.1 Å². The molecule has 1 fully saturated rings. The highest BCUT2D eigenvalue weighted by atomic mass is 19.3. The zero-order valence-corrected chi connectivity index (χ0v) is 13.5. The number of carbonyl (C=O) groups is 1. The number of hydrogen-bond donors (Lipinski definition) is 1. The number of carbonyl (C=O) groups excluding carboxylic acids is 1. The van der Waals surface area contributed by atoms with Crippen LogP contribution < -0.4 is 9.64 Å². The van der Waals surface area contributed by atoms with Gasteiger partial charge in [-0.25, -0.2) is 0 Å². The maximum absolute atomic E-state index is 14.5. The number of anilines is 1. The Morgan fingerprint density at radius 3 is 2.50 bits per heavy atom. The summed E-state index contributed by atoms with van der Waals surface area (Å²) in [5.41, 5.74) is -2.05. The maximum atomic E-state index is 14.5. The quantitative estimate of drug-likeness (QED) is 0.830. The highest BCUT2D eigenvalue weighted by molar-refractivity contribution is 5.99. The van der Waals surface area contributed by atoms with Gasteiger partial charge in [0.25, 0.3) is 0 Å². The van der Waals surface area contributed by atoms with Crippen LogP contribution in [-0.2, 0) is 4.79 Å². The first-order valence-corrected chi connectivity index (χ1v) is 7.87. The molecule has 0 aromatic heterocycles. The Balaban J connectivity index is 2.27. The number of alkyl halides is 2. The van der Waals surface area contributed by atoms with E-state index < -0.39 is 17.4 Å². The summed E-state index contributed by atoms with van der Waals surface area (Å²) in [6.45, 7) is 2.10. The molecule has 1 aliphatic rings. The SMILES string of the molecule is CCOc1ccc(N(CCC#N)C(=O)C(F)(F)C2(O)CCC2)cc1. The van der Waals surface area contributed by atoms with E-state index in [1.807, 2.05) is 13.0 Å². The highest BCUT2D eigenvalue weighted by Crippen LogP contribution is 2.45. The minimum Gasteiger partial charge on any atom is -0.494 e. The lowest BCUT2D eigenvalue weighted by Gasteiger charge is -2.43. The monoisotopic (exact) mass is 338 g/mol. The van der Waals surface area contributed by atoms with Gasteiger partial charge in [-0.3, -0.25) is 4.79 Å². The van der Waals surface area contributed by atoms with Crippen molar-refractivity contribution in [3.8, 4) is 11.8 Å². The van der Waals surface area contributed by atoms with E-state index in [1.165, 1.54) is 12.1 Å². The lowest BCUT2D eigenvalue weighted by Crippen LogP contribution is -2.61. The Labute approximate surface area is 139 Å². The average molecular weight is 338 g/mol. The van der Waals surface area contributed by atoms with Gasteiger partial charge < -0.3 is 14.7 Å². The van der Waals surface area contributed by atoms with Crippen LogP contribution in [0.25, 0.3) is 0 Å². The molecule has 2 rings (SSSR count). The van der Waals surface area contributed by atoms with Crippen molar-refractivity contribution in [3.63, 3.8) is 0 Å². The Morgan fingerprint density at radius 2 is 2.04 bits per heavy atom. The van der Waals surface area contributed by atoms with Crippen LogP contribution in [0.1, 0.15) is 32.6 Å². The fourth-order valence-corrected chi connectivity index (χ4v) is 2.59. The minimum atomic E-state index is -3.89. The molecule has 1 N–H and O–H groups in total. The predicted octanol–water partition coefficient (Wildman–Crippen LogP) is 2.88. The first-order valence-electron chi connectivity index (χ1n) is 7.87. The van der Waals surface area contributed by atoms with Gasteiger partial charge in [-0.2, -0.15) is 14.0 Å². The second kappa shape index (κ2) is 7.14. The fraction of sp³-hybridized carbons (Fsp3) is 0.529. The summed E-state index contributed by atoms with van der Waals surface area (Å²) >= 11 is 0. The zero-order chi connectivity index (χ0) is 17.8. The summed E-state index contributed by atoms with van der Waals surface area (Å²) in [4.78, 5) is 13.3. The van der Waals surface area contributed by atoms with E-state index in [4.69, 9.17) is 10.00 Å². The minimum absolute atomic E-state index is 0.0898. The molecular formula is C17H20F2N2O3. The third-order valence-corrected chi connectivity index (χ3v) is 4.19. The molecule has 24 heavy (non-hydrogen) atoms. The number of ether oxygens (including phenoxy) is 1. The van der Waals surface area contributed by atoms with E-state index in [0.29, 0.717) is 18.8 Å². The van der Waals surface area contributed by atoms with Gasteiger partial charge in [0.2, 0.25) is 0 Å². The van der Waals surface area contributed by atoms with Crippen LogP contribution in [0.15, 0.2) is 24.3 Å². The molecule has 0 heterocycles. The first-order chi connectivity index (χ1) is 11.4. The average Bonchev–Trinajstić information content (AvgIpc) is 2.54. The van der Waals surface area contributed by atoms with E-state index in [2.05, 4.69) is 0 Å². The molecule has 0 spiro atoms. The summed E-state index contributed by atoms with van der Waals surface area (Å²) < 4.78 is 34.2. The molecule has 7 heteroatoms. The van der Waals surface area contributed by atoms with Crippen LogP contribution in [0.4, 0.5) is 14.5 Å². The molecule has 0 aliphatic heterocycles. The van der Waals surface area contributed by atoms with Crippen LogP contribution in [0.3, 0.4) is 0 Å².